The molecule has 6 aromatic rings. The first-order valence-electron chi connectivity index (χ1n) is 20.4. The van der Waals surface area contributed by atoms with Crippen LogP contribution in [0.25, 0.3) is 21.5 Å². The van der Waals surface area contributed by atoms with E-state index in [9.17, 15) is 39.6 Å². The van der Waals surface area contributed by atoms with E-state index < -0.39 is 34.5 Å². The van der Waals surface area contributed by atoms with Gasteiger partial charge in [-0.3, -0.25) is 9.59 Å². The summed E-state index contributed by atoms with van der Waals surface area (Å²) in [5.41, 5.74) is 0.630. The van der Waals surface area contributed by atoms with Gasteiger partial charge in [-0.2, -0.15) is 0 Å². The first-order chi connectivity index (χ1) is 29.3. The van der Waals surface area contributed by atoms with Crippen molar-refractivity contribution in [2.45, 2.75) is 68.9 Å². The van der Waals surface area contributed by atoms with Gasteiger partial charge in [-0.05, 0) is 89.0 Å². The fraction of sp³-hybridized carbons (Fsp3) is 0.265. The minimum atomic E-state index is -1.35. The van der Waals surface area contributed by atoms with Crippen LogP contribution in [0.15, 0.2) is 109 Å². The van der Waals surface area contributed by atoms with Crippen LogP contribution in [0.2, 0.25) is 10.0 Å². The molecule has 0 bridgehead atoms. The van der Waals surface area contributed by atoms with E-state index >= 15 is 0 Å². The molecule has 8 rings (SSSR count). The van der Waals surface area contributed by atoms with Crippen molar-refractivity contribution in [3.05, 3.63) is 153 Å². The maximum absolute atomic E-state index is 12.9. The van der Waals surface area contributed by atoms with E-state index in [2.05, 4.69) is 0 Å². The van der Waals surface area contributed by atoms with Crippen LogP contribution in [0.1, 0.15) is 94.3 Å². The monoisotopic (exact) mass is 862 g/mol. The summed E-state index contributed by atoms with van der Waals surface area (Å²) in [6.45, 7) is 0. The lowest BCUT2D eigenvalue weighted by Gasteiger charge is -2.33. The Morgan fingerprint density at radius 2 is 0.951 bits per heavy atom. The average Bonchev–Trinajstić information content (AvgIpc) is 3.26. The van der Waals surface area contributed by atoms with Crippen LogP contribution in [0.5, 0.6) is 11.5 Å². The van der Waals surface area contributed by atoms with E-state index in [0.29, 0.717) is 56.0 Å². The van der Waals surface area contributed by atoms with Gasteiger partial charge in [0.2, 0.25) is 0 Å². The molecule has 2 fully saturated rings. The Balaban J connectivity index is 0.000000166. The predicted molar refractivity (Wildman–Crippen MR) is 232 cm³/mol. The lowest BCUT2D eigenvalue weighted by Crippen LogP contribution is -2.94. The van der Waals surface area contributed by atoms with Crippen LogP contribution >= 0.6 is 23.2 Å². The van der Waals surface area contributed by atoms with Gasteiger partial charge in [-0.1, -0.05) is 120 Å². The number of Topliss-reactive ketones (excluding diaryl/α,β-unsaturated/α-hetero) is 2. The van der Waals surface area contributed by atoms with Gasteiger partial charge in [-0.25, -0.2) is 9.59 Å². The Hall–Kier alpha value is -5.78. The molecular weight excluding hydrogens is 815 g/mol. The van der Waals surface area contributed by atoms with E-state index in [4.69, 9.17) is 23.2 Å². The summed E-state index contributed by atoms with van der Waals surface area (Å²) in [6, 6.07) is 31.7. The maximum atomic E-state index is 12.9. The second-order valence-corrected chi connectivity index (χ2v) is 16.2. The Bertz CT molecular complexity index is 2450. The number of carbonyl (C=O) groups excluding carboxylic acids is 2. The fourth-order valence-electron chi connectivity index (χ4n) is 8.89. The highest BCUT2D eigenvalue weighted by Gasteiger charge is 2.46. The average molecular weight is 864 g/mol. The molecule has 0 unspecified atom stereocenters. The van der Waals surface area contributed by atoms with Crippen molar-refractivity contribution in [1.82, 2.24) is 0 Å². The number of aromatic carboxylic acids is 2. The maximum Gasteiger partial charge on any atom is 0.335 e. The van der Waals surface area contributed by atoms with Gasteiger partial charge in [0.05, 0.1) is 35.3 Å². The fourth-order valence-corrected chi connectivity index (χ4v) is 9.50. The summed E-state index contributed by atoms with van der Waals surface area (Å²) in [5.74, 6) is -3.44. The molecule has 2 atom stereocenters. The topological polar surface area (TPSA) is 188 Å². The Labute approximate surface area is 364 Å². The van der Waals surface area contributed by atoms with E-state index in [1.165, 1.54) is 12.1 Å². The molecule has 2 aliphatic rings. The van der Waals surface area contributed by atoms with Gasteiger partial charge in [-0.15, -0.1) is 0 Å². The minimum absolute atomic E-state index is 0.158. The molecule has 0 aliphatic heterocycles. The molecule has 6 aromatic carbocycles. The molecule has 0 amide bonds. The molecule has 2 aliphatic carbocycles. The number of carboxylic acids is 2. The number of hydrogen-bond acceptors (Lipinski definition) is 6. The zero-order valence-electron chi connectivity index (χ0n) is 34.0. The summed E-state index contributed by atoms with van der Waals surface area (Å²) in [7, 11) is 3.93. The SMILES string of the molecule is C[NH2+][C@@]1(c2ccccc2Cl)CCCCC1=O.C[NH2+][C@]1(c2ccccc2Cl)CCCCC1=O.O=C(O)c1cc2ccccc2c(Cc2c([O-])c(C(=O)O)cc3ccccc23)c1[O-]. The van der Waals surface area contributed by atoms with Crippen LogP contribution in [0, 0.1) is 0 Å². The first-order valence-corrected chi connectivity index (χ1v) is 21.1. The van der Waals surface area contributed by atoms with Crippen LogP contribution in [-0.4, -0.2) is 47.8 Å². The van der Waals surface area contributed by atoms with Crippen molar-refractivity contribution in [3.63, 3.8) is 0 Å². The number of fused-ring (bicyclic) bond motifs is 2. The lowest BCUT2D eigenvalue weighted by atomic mass is 9.75. The van der Waals surface area contributed by atoms with E-state index in [0.717, 1.165) is 49.7 Å². The summed E-state index contributed by atoms with van der Waals surface area (Å²) in [6.07, 6.45) is 7.20. The number of quaternary nitrogens is 2. The van der Waals surface area contributed by atoms with Gasteiger partial charge in [0.15, 0.2) is 22.6 Å². The Morgan fingerprint density at radius 3 is 1.30 bits per heavy atom. The number of nitrogens with two attached hydrogens (primary N) is 2. The summed E-state index contributed by atoms with van der Waals surface area (Å²) in [5, 5.41) is 52.3. The normalized spacial score (nSPS) is 18.8. The number of rotatable bonds is 8. The number of halogens is 2. The van der Waals surface area contributed by atoms with Gasteiger partial charge in [0.1, 0.15) is 0 Å². The first kappa shape index (κ1) is 44.8. The zero-order valence-corrected chi connectivity index (χ0v) is 35.5. The second-order valence-electron chi connectivity index (χ2n) is 15.4. The molecule has 6 N–H and O–H groups in total. The van der Waals surface area contributed by atoms with E-state index in [1.54, 1.807) is 48.5 Å². The highest BCUT2D eigenvalue weighted by atomic mass is 35.5. The zero-order chi connectivity index (χ0) is 43.9. The van der Waals surface area contributed by atoms with Crippen molar-refractivity contribution in [2.75, 3.05) is 14.1 Å². The third-order valence-corrected chi connectivity index (χ3v) is 12.8. The number of benzene rings is 6. The molecule has 12 heteroatoms. The number of ketones is 2. The largest absolute Gasteiger partial charge is 0.872 e. The third-order valence-electron chi connectivity index (χ3n) is 12.2. The number of carbonyl (C=O) groups is 4. The molecule has 0 aromatic heterocycles. The Morgan fingerprint density at radius 1 is 0.590 bits per heavy atom. The third kappa shape index (κ3) is 8.99. The highest BCUT2D eigenvalue weighted by Crippen LogP contribution is 2.38. The van der Waals surface area contributed by atoms with Crippen LogP contribution in [0.4, 0.5) is 0 Å². The smallest absolute Gasteiger partial charge is 0.335 e. The van der Waals surface area contributed by atoms with Crippen molar-refractivity contribution in [3.8, 4) is 11.5 Å². The molecule has 0 heterocycles. The molecule has 61 heavy (non-hydrogen) atoms. The standard InChI is InChI=1S/C23H16O6.2C13H16ClNO/c24-20-16(14-7-3-1-5-12(14)9-18(20)22(26)27)11-17-15-8-4-2-6-13(15)10-19(21(17)25)23(28)29;2*1-15-13(9-5-4-8-12(13)16)10-6-2-3-7-11(10)14/h1-10,24-25H,11H2,(H,26,27)(H,28,29);2*2-3,6-7,15H,4-5,8-9H2,1H3/t;2*13-/m.10/s1. The quantitative estimate of drug-likeness (QED) is 0.128. The number of hydrogen-bond donors (Lipinski definition) is 4. The molecule has 0 spiro atoms. The summed E-state index contributed by atoms with van der Waals surface area (Å²) < 4.78 is 0. The number of carboxylic acid groups (broad SMARTS) is 2. The molecular formula is C49H48Cl2N2O8. The molecule has 316 valence electrons. The number of likely N-dealkylation sites (N-methyl/N-ethyl adjacent to an activating group) is 2. The highest BCUT2D eigenvalue weighted by molar-refractivity contribution is 6.32. The van der Waals surface area contributed by atoms with Crippen LogP contribution in [-0.2, 0) is 27.1 Å². The predicted octanol–water partition coefficient (Wildman–Crippen LogP) is 6.87. The van der Waals surface area contributed by atoms with Crippen molar-refractivity contribution in [2.24, 2.45) is 0 Å². The molecule has 0 radical (unpaired) electrons. The lowest BCUT2D eigenvalue weighted by molar-refractivity contribution is -0.699. The van der Waals surface area contributed by atoms with Crippen LogP contribution in [0.3, 0.4) is 0 Å². The van der Waals surface area contributed by atoms with Crippen molar-refractivity contribution >= 4 is 68.3 Å². The minimum Gasteiger partial charge on any atom is -0.872 e. The van der Waals surface area contributed by atoms with E-state index in [1.807, 2.05) is 73.3 Å². The molecule has 0 saturated heterocycles. The van der Waals surface area contributed by atoms with Gasteiger partial charge >= 0.3 is 11.9 Å². The van der Waals surface area contributed by atoms with Crippen molar-refractivity contribution in [1.29, 1.82) is 0 Å². The summed E-state index contributed by atoms with van der Waals surface area (Å²) in [4.78, 5) is 47.5. The van der Waals surface area contributed by atoms with Gasteiger partial charge in [0, 0.05) is 36.8 Å². The molecule has 10 nitrogen and oxygen atoms in total. The van der Waals surface area contributed by atoms with E-state index in [-0.39, 0.29) is 28.7 Å². The van der Waals surface area contributed by atoms with Crippen molar-refractivity contribution < 1.29 is 50.2 Å². The van der Waals surface area contributed by atoms with Gasteiger partial charge < -0.3 is 31.1 Å². The Kier molecular flexibility index (Phi) is 14.2. The summed E-state index contributed by atoms with van der Waals surface area (Å²) >= 11 is 12.4. The molecule has 2 saturated carbocycles. The van der Waals surface area contributed by atoms with Gasteiger partial charge in [0.25, 0.3) is 0 Å². The second kappa shape index (κ2) is 19.3. The van der Waals surface area contributed by atoms with Crippen LogP contribution < -0.4 is 20.8 Å².